The van der Waals surface area contributed by atoms with E-state index < -0.39 is 0 Å². The summed E-state index contributed by atoms with van der Waals surface area (Å²) in [5.41, 5.74) is 0. The van der Waals surface area contributed by atoms with Crippen molar-refractivity contribution in [3.63, 3.8) is 0 Å². The first kappa shape index (κ1) is 5.36. The molecule has 1 heteroatoms. The molecule has 0 aromatic heterocycles. The zero-order chi connectivity index (χ0) is 4.99. The van der Waals surface area contributed by atoms with Crippen LogP contribution in [0.2, 0.25) is 0 Å². The van der Waals surface area contributed by atoms with Crippen LogP contribution in [-0.2, 0) is 0 Å². The molecule has 0 amide bonds. The lowest BCUT2D eigenvalue weighted by molar-refractivity contribution is 0.789. The van der Waals surface area contributed by atoms with Gasteiger partial charge in [0.2, 0.25) is 0 Å². The molecule has 0 aromatic carbocycles. The van der Waals surface area contributed by atoms with Gasteiger partial charge >= 0.3 is 0 Å². The third kappa shape index (κ3) is 3.36. The molecule has 32 valence electrons. The quantitative estimate of drug-likeness (QED) is 0.438. The van der Waals surface area contributed by atoms with Crippen molar-refractivity contribution in [3.05, 3.63) is 6.42 Å². The second kappa shape index (κ2) is 2.59. The molecule has 0 spiro atoms. The lowest BCUT2D eigenvalue weighted by Crippen LogP contribution is -1.81. The Morgan fingerprint density at radius 1 is 1.67 bits per heavy atom. The SMILES string of the molecule is CC(C)[CH+]C#N. The molecule has 0 bridgehead atoms. The molecule has 0 aliphatic carbocycles. The monoisotopic (exact) mass is 82.1 g/mol. The summed E-state index contributed by atoms with van der Waals surface area (Å²) in [6.45, 7) is 3.95. The van der Waals surface area contributed by atoms with E-state index in [1.165, 1.54) is 0 Å². The van der Waals surface area contributed by atoms with E-state index in [1.807, 2.05) is 19.9 Å². The second-order valence-electron chi connectivity index (χ2n) is 1.54. The maximum Gasteiger partial charge on any atom is 0.288 e. The zero-order valence-electron chi connectivity index (χ0n) is 4.10. The molecule has 0 N–H and O–H groups in total. The van der Waals surface area contributed by atoms with Crippen molar-refractivity contribution in [3.8, 4) is 6.07 Å². The summed E-state index contributed by atoms with van der Waals surface area (Å²) in [5, 5.41) is 7.93. The van der Waals surface area contributed by atoms with Gasteiger partial charge in [0.25, 0.3) is 6.07 Å². The molecule has 0 heterocycles. The highest BCUT2D eigenvalue weighted by atomic mass is 14.2. The van der Waals surface area contributed by atoms with Gasteiger partial charge in [-0.15, -0.1) is 5.26 Å². The van der Waals surface area contributed by atoms with Crippen molar-refractivity contribution in [2.24, 2.45) is 5.92 Å². The summed E-state index contributed by atoms with van der Waals surface area (Å²) < 4.78 is 0. The minimum Gasteiger partial charge on any atom is -0.142 e. The molecular formula is C5H8N+. The van der Waals surface area contributed by atoms with Crippen molar-refractivity contribution >= 4 is 0 Å². The Kier molecular flexibility index (Phi) is 2.31. The molecule has 6 heavy (non-hydrogen) atoms. The molecular weight excluding hydrogens is 74.1 g/mol. The smallest absolute Gasteiger partial charge is 0.142 e. The average molecular weight is 82.1 g/mol. The van der Waals surface area contributed by atoms with Crippen molar-refractivity contribution in [1.29, 1.82) is 5.26 Å². The van der Waals surface area contributed by atoms with Gasteiger partial charge in [0.05, 0.1) is 0 Å². The molecule has 0 rings (SSSR count). The van der Waals surface area contributed by atoms with Crippen LogP contribution in [0.25, 0.3) is 0 Å². The fourth-order valence-electron chi connectivity index (χ4n) is 0.149. The number of nitrogens with zero attached hydrogens (tertiary/aromatic N) is 1. The molecule has 0 atom stereocenters. The van der Waals surface area contributed by atoms with Gasteiger partial charge < -0.3 is 0 Å². The van der Waals surface area contributed by atoms with Crippen LogP contribution < -0.4 is 0 Å². The summed E-state index contributed by atoms with van der Waals surface area (Å²) in [4.78, 5) is 0. The van der Waals surface area contributed by atoms with Crippen LogP contribution in [0, 0.1) is 23.7 Å². The van der Waals surface area contributed by atoms with Gasteiger partial charge in [0, 0.05) is 0 Å². The number of rotatable bonds is 1. The maximum atomic E-state index is 7.93. The zero-order valence-corrected chi connectivity index (χ0v) is 4.10. The number of hydrogen-bond acceptors (Lipinski definition) is 1. The van der Waals surface area contributed by atoms with Crippen LogP contribution in [0.3, 0.4) is 0 Å². The summed E-state index contributed by atoms with van der Waals surface area (Å²) in [7, 11) is 0. The molecule has 0 saturated carbocycles. The predicted molar refractivity (Wildman–Crippen MR) is 24.8 cm³/mol. The van der Waals surface area contributed by atoms with E-state index in [9.17, 15) is 0 Å². The molecule has 0 unspecified atom stereocenters. The van der Waals surface area contributed by atoms with E-state index >= 15 is 0 Å². The molecule has 0 fully saturated rings. The highest BCUT2D eigenvalue weighted by Crippen LogP contribution is 1.92. The van der Waals surface area contributed by atoms with Gasteiger partial charge in [-0.3, -0.25) is 0 Å². The highest BCUT2D eigenvalue weighted by molar-refractivity contribution is 4.92. The van der Waals surface area contributed by atoms with Crippen LogP contribution in [0.5, 0.6) is 0 Å². The van der Waals surface area contributed by atoms with E-state index in [4.69, 9.17) is 5.26 Å². The van der Waals surface area contributed by atoms with Gasteiger partial charge in [0.15, 0.2) is 6.42 Å². The number of hydrogen-bond donors (Lipinski definition) is 0. The Labute approximate surface area is 38.6 Å². The minimum absolute atomic E-state index is 0.412. The maximum absolute atomic E-state index is 7.93. The summed E-state index contributed by atoms with van der Waals surface area (Å²) >= 11 is 0. The highest BCUT2D eigenvalue weighted by Gasteiger charge is 1.99. The van der Waals surface area contributed by atoms with Gasteiger partial charge in [-0.1, -0.05) is 0 Å². The largest absolute Gasteiger partial charge is 0.288 e. The van der Waals surface area contributed by atoms with Gasteiger partial charge in [-0.25, -0.2) is 0 Å². The van der Waals surface area contributed by atoms with E-state index in [-0.39, 0.29) is 0 Å². The van der Waals surface area contributed by atoms with E-state index in [0.717, 1.165) is 0 Å². The van der Waals surface area contributed by atoms with Crippen LogP contribution >= 0.6 is 0 Å². The molecule has 0 aliphatic rings. The van der Waals surface area contributed by atoms with E-state index in [0.29, 0.717) is 5.92 Å². The Bertz CT molecular complexity index is 58.8. The first-order valence-electron chi connectivity index (χ1n) is 2.00. The van der Waals surface area contributed by atoms with Crippen molar-refractivity contribution in [2.45, 2.75) is 13.8 Å². The normalized spacial score (nSPS) is 7.67. The van der Waals surface area contributed by atoms with Crippen molar-refractivity contribution in [2.75, 3.05) is 0 Å². The predicted octanol–water partition coefficient (Wildman–Crippen LogP) is 1.37. The summed E-state index contributed by atoms with van der Waals surface area (Å²) in [6.07, 6.45) is 1.60. The molecule has 0 aliphatic heterocycles. The Morgan fingerprint density at radius 2 is 2.17 bits per heavy atom. The minimum atomic E-state index is 0.412. The van der Waals surface area contributed by atoms with Gasteiger partial charge in [-0.2, -0.15) is 0 Å². The van der Waals surface area contributed by atoms with Gasteiger partial charge in [0.1, 0.15) is 5.92 Å². The van der Waals surface area contributed by atoms with E-state index in [2.05, 4.69) is 0 Å². The third-order valence-corrected chi connectivity index (χ3v) is 0.408. The fourth-order valence-corrected chi connectivity index (χ4v) is 0.149. The van der Waals surface area contributed by atoms with Crippen LogP contribution in [0.15, 0.2) is 0 Å². The third-order valence-electron chi connectivity index (χ3n) is 0.408. The first-order valence-corrected chi connectivity index (χ1v) is 2.00. The molecule has 0 radical (unpaired) electrons. The van der Waals surface area contributed by atoms with Crippen molar-refractivity contribution in [1.82, 2.24) is 0 Å². The number of nitriles is 1. The van der Waals surface area contributed by atoms with Crippen molar-refractivity contribution < 1.29 is 0 Å². The first-order chi connectivity index (χ1) is 2.77. The average Bonchev–Trinajstić information content (AvgIpc) is 1.35. The fraction of sp³-hybridized carbons (Fsp3) is 0.600. The van der Waals surface area contributed by atoms with Crippen LogP contribution in [0.4, 0.5) is 0 Å². The standard InChI is InChI=1S/C5H8N/c1-5(2)3-4-6/h3,5H,1-2H3/q+1. The molecule has 0 aromatic rings. The molecule has 0 saturated heterocycles. The van der Waals surface area contributed by atoms with Gasteiger partial charge in [-0.05, 0) is 13.8 Å². The topological polar surface area (TPSA) is 23.8 Å². The Balaban J connectivity index is 2.88. The van der Waals surface area contributed by atoms with Crippen LogP contribution in [-0.4, -0.2) is 0 Å². The summed E-state index contributed by atoms with van der Waals surface area (Å²) in [5.74, 6) is 0.412. The van der Waals surface area contributed by atoms with E-state index in [1.54, 1.807) is 6.42 Å². The summed E-state index contributed by atoms with van der Waals surface area (Å²) in [6, 6.07) is 1.94. The lowest BCUT2D eigenvalue weighted by atomic mass is 10.2. The van der Waals surface area contributed by atoms with Crippen LogP contribution in [0.1, 0.15) is 13.8 Å². The Morgan fingerprint density at radius 3 is 2.17 bits per heavy atom. The lowest BCUT2D eigenvalue weighted by Gasteiger charge is -1.76. The second-order valence-corrected chi connectivity index (χ2v) is 1.54. The molecule has 1 nitrogen and oxygen atoms in total. The Hall–Kier alpha value is -0.640.